The lowest BCUT2D eigenvalue weighted by molar-refractivity contribution is 0.260. The Morgan fingerprint density at radius 2 is 1.17 bits per heavy atom. The standard InChI is InChI=1S/C43H28N2OS/c1-2-8-27(9-3-1)28-18-21-32(22-19-28)45-36-12-6-4-10-33(36)35-26-31(20-23-37(35)45)29-14-16-30(17-15-29)43-44-42-38(46-43)24-25-40-41(42)34-11-5-7-13-39(34)47-40/h1-26,43-44H. The summed E-state index contributed by atoms with van der Waals surface area (Å²) in [6.07, 6.45) is -0.225. The first kappa shape index (κ1) is 26.4. The number of thiophene rings is 1. The molecule has 0 bridgehead atoms. The lowest BCUT2D eigenvalue weighted by atomic mass is 10.0. The van der Waals surface area contributed by atoms with E-state index in [1.165, 1.54) is 64.2 Å². The summed E-state index contributed by atoms with van der Waals surface area (Å²) in [5.74, 6) is 0.909. The van der Waals surface area contributed by atoms with E-state index in [9.17, 15) is 0 Å². The van der Waals surface area contributed by atoms with Gasteiger partial charge in [-0.25, -0.2) is 0 Å². The van der Waals surface area contributed by atoms with Gasteiger partial charge in [-0.15, -0.1) is 11.3 Å². The van der Waals surface area contributed by atoms with E-state index >= 15 is 0 Å². The number of anilines is 1. The Balaban J connectivity index is 0.984. The zero-order valence-electron chi connectivity index (χ0n) is 25.4. The molecular formula is C43H28N2OS. The summed E-state index contributed by atoms with van der Waals surface area (Å²) in [6, 6.07) is 56.6. The van der Waals surface area contributed by atoms with Crippen LogP contribution < -0.4 is 10.1 Å². The number of benzene rings is 7. The highest BCUT2D eigenvalue weighted by atomic mass is 32.1. The van der Waals surface area contributed by atoms with E-state index in [0.29, 0.717) is 0 Å². The Bertz CT molecular complexity index is 2620. The van der Waals surface area contributed by atoms with Gasteiger partial charge in [0.25, 0.3) is 0 Å². The van der Waals surface area contributed by atoms with Crippen LogP contribution in [0, 0.1) is 0 Å². The van der Waals surface area contributed by atoms with Crippen molar-refractivity contribution in [2.45, 2.75) is 6.23 Å². The molecule has 3 nitrogen and oxygen atoms in total. The molecule has 10 rings (SSSR count). The van der Waals surface area contributed by atoms with Crippen LogP contribution in [-0.4, -0.2) is 4.57 Å². The summed E-state index contributed by atoms with van der Waals surface area (Å²) in [4.78, 5) is 0. The molecule has 3 heterocycles. The van der Waals surface area contributed by atoms with Crippen molar-refractivity contribution >= 4 is 59.0 Å². The molecule has 0 saturated heterocycles. The minimum Gasteiger partial charge on any atom is -0.464 e. The molecule has 9 aromatic rings. The SMILES string of the molecule is c1ccc(-c2ccc(-n3c4ccccc4c4cc(-c5ccc(C6Nc7c(ccc8sc9ccccc9c78)O6)cc5)ccc43)cc2)cc1. The van der Waals surface area contributed by atoms with Gasteiger partial charge in [0.1, 0.15) is 5.75 Å². The van der Waals surface area contributed by atoms with Crippen LogP contribution in [0.5, 0.6) is 5.75 Å². The quantitative estimate of drug-likeness (QED) is 0.212. The van der Waals surface area contributed by atoms with Crippen molar-refractivity contribution in [1.82, 2.24) is 4.57 Å². The number of rotatable bonds is 4. The number of aromatic nitrogens is 1. The fourth-order valence-corrected chi connectivity index (χ4v) is 8.31. The predicted octanol–water partition coefficient (Wildman–Crippen LogP) is 12.0. The summed E-state index contributed by atoms with van der Waals surface area (Å²) in [7, 11) is 0. The van der Waals surface area contributed by atoms with Crippen molar-refractivity contribution in [3.05, 3.63) is 163 Å². The molecule has 1 N–H and O–H groups in total. The van der Waals surface area contributed by atoms with E-state index in [-0.39, 0.29) is 6.23 Å². The number of nitrogens with one attached hydrogen (secondary N) is 1. The first-order valence-electron chi connectivity index (χ1n) is 16.0. The van der Waals surface area contributed by atoms with E-state index < -0.39 is 0 Å². The summed E-state index contributed by atoms with van der Waals surface area (Å²) < 4.78 is 11.4. The number of nitrogens with zero attached hydrogens (tertiary/aromatic N) is 1. The van der Waals surface area contributed by atoms with Crippen molar-refractivity contribution in [3.8, 4) is 33.7 Å². The van der Waals surface area contributed by atoms with E-state index in [2.05, 4.69) is 168 Å². The van der Waals surface area contributed by atoms with Gasteiger partial charge < -0.3 is 14.6 Å². The van der Waals surface area contributed by atoms with Gasteiger partial charge in [0.05, 0.1) is 16.7 Å². The van der Waals surface area contributed by atoms with Crippen molar-refractivity contribution in [2.75, 3.05) is 5.32 Å². The smallest absolute Gasteiger partial charge is 0.196 e. The fourth-order valence-electron chi connectivity index (χ4n) is 7.19. The van der Waals surface area contributed by atoms with Crippen molar-refractivity contribution in [1.29, 1.82) is 0 Å². The highest BCUT2D eigenvalue weighted by molar-refractivity contribution is 7.26. The molecule has 0 amide bonds. The van der Waals surface area contributed by atoms with E-state index in [1.807, 2.05) is 11.3 Å². The van der Waals surface area contributed by atoms with Crippen LogP contribution in [-0.2, 0) is 0 Å². The third-order valence-electron chi connectivity index (χ3n) is 9.48. The molecule has 0 radical (unpaired) electrons. The Morgan fingerprint density at radius 1 is 0.511 bits per heavy atom. The van der Waals surface area contributed by atoms with Crippen molar-refractivity contribution in [3.63, 3.8) is 0 Å². The molecule has 2 aromatic heterocycles. The average Bonchev–Trinajstić information content (AvgIpc) is 3.84. The first-order valence-corrected chi connectivity index (χ1v) is 16.8. The molecule has 47 heavy (non-hydrogen) atoms. The average molecular weight is 621 g/mol. The molecular weight excluding hydrogens is 593 g/mol. The number of para-hydroxylation sites is 1. The molecule has 1 atom stereocenters. The summed E-state index contributed by atoms with van der Waals surface area (Å²) in [5, 5.41) is 8.71. The maximum atomic E-state index is 6.44. The van der Waals surface area contributed by atoms with Crippen LogP contribution in [0.2, 0.25) is 0 Å². The van der Waals surface area contributed by atoms with Crippen LogP contribution >= 0.6 is 11.3 Å². The second kappa shape index (κ2) is 10.3. The zero-order valence-corrected chi connectivity index (χ0v) is 26.2. The number of fused-ring (bicyclic) bond motifs is 8. The van der Waals surface area contributed by atoms with Crippen LogP contribution in [0.3, 0.4) is 0 Å². The van der Waals surface area contributed by atoms with Gasteiger partial charge in [-0.3, -0.25) is 0 Å². The van der Waals surface area contributed by atoms with Gasteiger partial charge in [0, 0.05) is 42.2 Å². The van der Waals surface area contributed by atoms with Gasteiger partial charge >= 0.3 is 0 Å². The highest BCUT2D eigenvalue weighted by Crippen LogP contribution is 2.48. The molecule has 0 saturated carbocycles. The molecule has 1 aliphatic heterocycles. The van der Waals surface area contributed by atoms with E-state index in [0.717, 1.165) is 22.7 Å². The van der Waals surface area contributed by atoms with E-state index in [1.54, 1.807) is 0 Å². The molecule has 0 spiro atoms. The van der Waals surface area contributed by atoms with Gasteiger partial charge in [-0.1, -0.05) is 109 Å². The second-order valence-corrected chi connectivity index (χ2v) is 13.3. The number of hydrogen-bond acceptors (Lipinski definition) is 3. The van der Waals surface area contributed by atoms with Crippen molar-refractivity contribution in [2.24, 2.45) is 0 Å². The van der Waals surface area contributed by atoms with Crippen LogP contribution in [0.4, 0.5) is 5.69 Å². The van der Waals surface area contributed by atoms with Crippen molar-refractivity contribution < 1.29 is 4.74 Å². The van der Waals surface area contributed by atoms with Gasteiger partial charge in [0.2, 0.25) is 0 Å². The lowest BCUT2D eigenvalue weighted by Crippen LogP contribution is -2.09. The Morgan fingerprint density at radius 3 is 2.02 bits per heavy atom. The molecule has 0 fully saturated rings. The minimum atomic E-state index is -0.225. The maximum absolute atomic E-state index is 6.44. The predicted molar refractivity (Wildman–Crippen MR) is 198 cm³/mol. The summed E-state index contributed by atoms with van der Waals surface area (Å²) in [5.41, 5.74) is 10.6. The minimum absolute atomic E-state index is 0.225. The maximum Gasteiger partial charge on any atom is 0.196 e. The second-order valence-electron chi connectivity index (χ2n) is 12.2. The first-order chi connectivity index (χ1) is 23.3. The lowest BCUT2D eigenvalue weighted by Gasteiger charge is -2.13. The number of hydrogen-bond donors (Lipinski definition) is 1. The van der Waals surface area contributed by atoms with E-state index in [4.69, 9.17) is 4.74 Å². The molecule has 7 aromatic carbocycles. The topological polar surface area (TPSA) is 26.2 Å². The third kappa shape index (κ3) is 4.19. The summed E-state index contributed by atoms with van der Waals surface area (Å²) >= 11 is 1.83. The van der Waals surface area contributed by atoms with Gasteiger partial charge in [-0.05, 0) is 70.8 Å². The monoisotopic (exact) mass is 620 g/mol. The van der Waals surface area contributed by atoms with Crippen LogP contribution in [0.25, 0.3) is 69.9 Å². The van der Waals surface area contributed by atoms with Gasteiger partial charge in [-0.2, -0.15) is 0 Å². The Kier molecular flexibility index (Phi) is 5.81. The molecule has 0 aliphatic carbocycles. The van der Waals surface area contributed by atoms with Crippen LogP contribution in [0.1, 0.15) is 11.8 Å². The Labute approximate surface area is 275 Å². The largest absolute Gasteiger partial charge is 0.464 e. The zero-order chi connectivity index (χ0) is 30.9. The molecule has 4 heteroatoms. The molecule has 222 valence electrons. The number of ether oxygens (including phenoxy) is 1. The summed E-state index contributed by atoms with van der Waals surface area (Å²) in [6.45, 7) is 0. The Hall–Kier alpha value is -5.84. The normalized spacial score (nSPS) is 14.1. The van der Waals surface area contributed by atoms with Gasteiger partial charge in [0.15, 0.2) is 6.23 Å². The third-order valence-corrected chi connectivity index (χ3v) is 10.6. The molecule has 1 aliphatic rings. The fraction of sp³-hybridized carbons (Fsp3) is 0.0233. The molecule has 1 unspecified atom stereocenters. The van der Waals surface area contributed by atoms with Crippen LogP contribution in [0.15, 0.2) is 158 Å². The highest BCUT2D eigenvalue weighted by Gasteiger charge is 2.27.